The van der Waals surface area contributed by atoms with Crippen LogP contribution in [-0.2, 0) is 25.6 Å². The van der Waals surface area contributed by atoms with E-state index in [2.05, 4.69) is 0 Å². The Morgan fingerprint density at radius 3 is 1.96 bits per heavy atom. The molecule has 1 aliphatic carbocycles. The lowest BCUT2D eigenvalue weighted by Gasteiger charge is -2.20. The molecular formula is C20H13ClO4. The first-order valence-corrected chi connectivity index (χ1v) is 8.04. The second-order valence-corrected chi connectivity index (χ2v) is 6.06. The third-order valence-corrected chi connectivity index (χ3v) is 4.41. The van der Waals surface area contributed by atoms with E-state index < -0.39 is 29.1 Å². The van der Waals surface area contributed by atoms with Crippen molar-refractivity contribution in [1.29, 1.82) is 0 Å². The van der Waals surface area contributed by atoms with Crippen molar-refractivity contribution in [2.45, 2.75) is 12.3 Å². The van der Waals surface area contributed by atoms with Crippen molar-refractivity contribution in [1.82, 2.24) is 0 Å². The van der Waals surface area contributed by atoms with Crippen LogP contribution in [-0.4, -0.2) is 23.1 Å². The van der Waals surface area contributed by atoms with Crippen molar-refractivity contribution in [2.24, 2.45) is 0 Å². The first-order chi connectivity index (χ1) is 12.0. The van der Waals surface area contributed by atoms with E-state index in [-0.39, 0.29) is 22.6 Å². The second kappa shape index (κ2) is 6.95. The Kier molecular flexibility index (Phi) is 4.72. The lowest BCUT2D eigenvalue weighted by Crippen LogP contribution is -2.42. The molecule has 124 valence electrons. The largest absolute Gasteiger partial charge is 0.289 e. The zero-order chi connectivity index (χ0) is 18.0. The summed E-state index contributed by atoms with van der Waals surface area (Å²) in [5.74, 6) is -5.17. The van der Waals surface area contributed by atoms with Crippen molar-refractivity contribution in [3.05, 3.63) is 82.4 Å². The molecule has 5 heteroatoms. The molecule has 3 rings (SSSR count). The van der Waals surface area contributed by atoms with Gasteiger partial charge < -0.3 is 0 Å². The summed E-state index contributed by atoms with van der Waals surface area (Å²) in [4.78, 5) is 49.6. The van der Waals surface area contributed by atoms with Gasteiger partial charge in [0.05, 0.1) is 5.57 Å². The molecule has 0 aliphatic heterocycles. The maximum atomic E-state index is 12.4. The SMILES string of the molecule is O=C1C(=O)C(c2ccccc2Cl)C(=O)C(=O)C1=CCc1ccccc1. The van der Waals surface area contributed by atoms with Crippen molar-refractivity contribution >= 4 is 34.7 Å². The second-order valence-electron chi connectivity index (χ2n) is 5.65. The highest BCUT2D eigenvalue weighted by atomic mass is 35.5. The molecule has 0 unspecified atom stereocenters. The predicted molar refractivity (Wildman–Crippen MR) is 92.5 cm³/mol. The van der Waals surface area contributed by atoms with Gasteiger partial charge in [-0.1, -0.05) is 66.2 Å². The molecule has 1 aliphatic rings. The van der Waals surface area contributed by atoms with E-state index in [1.165, 1.54) is 18.2 Å². The van der Waals surface area contributed by atoms with Crippen LogP contribution in [0.3, 0.4) is 0 Å². The van der Waals surface area contributed by atoms with E-state index in [0.717, 1.165) is 5.56 Å². The van der Waals surface area contributed by atoms with Gasteiger partial charge in [-0.15, -0.1) is 0 Å². The third-order valence-electron chi connectivity index (χ3n) is 4.06. The van der Waals surface area contributed by atoms with Gasteiger partial charge in [-0.05, 0) is 23.6 Å². The number of ketones is 4. The molecule has 0 aromatic heterocycles. The fourth-order valence-electron chi connectivity index (χ4n) is 2.76. The highest BCUT2D eigenvalue weighted by Gasteiger charge is 2.46. The van der Waals surface area contributed by atoms with Crippen LogP contribution in [0.25, 0.3) is 0 Å². The number of rotatable bonds is 3. The topological polar surface area (TPSA) is 68.3 Å². The van der Waals surface area contributed by atoms with Gasteiger partial charge in [0.1, 0.15) is 5.92 Å². The van der Waals surface area contributed by atoms with Gasteiger partial charge in [0.25, 0.3) is 0 Å². The molecule has 0 saturated heterocycles. The van der Waals surface area contributed by atoms with Crippen LogP contribution in [0.2, 0.25) is 5.02 Å². The lowest BCUT2D eigenvalue weighted by atomic mass is 9.77. The molecule has 2 aromatic carbocycles. The molecule has 2 aromatic rings. The molecule has 0 heterocycles. The summed E-state index contributed by atoms with van der Waals surface area (Å²) >= 11 is 6.02. The number of hydrogen-bond acceptors (Lipinski definition) is 4. The summed E-state index contributed by atoms with van der Waals surface area (Å²) in [6.07, 6.45) is 1.63. The minimum Gasteiger partial charge on any atom is -0.289 e. The number of carbonyl (C=O) groups is 4. The fraction of sp³-hybridized carbons (Fsp3) is 0.100. The summed E-state index contributed by atoms with van der Waals surface area (Å²) in [5, 5.41) is 0.173. The number of halogens is 1. The quantitative estimate of drug-likeness (QED) is 0.368. The number of allylic oxidation sites excluding steroid dienone is 2. The zero-order valence-electron chi connectivity index (χ0n) is 13.1. The van der Waals surface area contributed by atoms with E-state index in [4.69, 9.17) is 11.6 Å². The van der Waals surface area contributed by atoms with Crippen LogP contribution in [0, 0.1) is 0 Å². The Hall–Kier alpha value is -2.85. The van der Waals surface area contributed by atoms with Crippen molar-refractivity contribution in [3.8, 4) is 0 Å². The van der Waals surface area contributed by atoms with E-state index in [9.17, 15) is 19.2 Å². The zero-order valence-corrected chi connectivity index (χ0v) is 13.8. The summed E-state index contributed by atoms with van der Waals surface area (Å²) in [6, 6.07) is 15.3. The first kappa shape index (κ1) is 17.0. The minimum absolute atomic E-state index is 0.173. The first-order valence-electron chi connectivity index (χ1n) is 7.66. The highest BCUT2D eigenvalue weighted by molar-refractivity contribution is 6.69. The maximum absolute atomic E-state index is 12.4. The molecule has 0 radical (unpaired) electrons. The molecule has 1 saturated carbocycles. The van der Waals surface area contributed by atoms with E-state index >= 15 is 0 Å². The number of benzene rings is 2. The average molecular weight is 353 g/mol. The van der Waals surface area contributed by atoms with Gasteiger partial charge in [0, 0.05) is 5.02 Å². The summed E-state index contributed by atoms with van der Waals surface area (Å²) in [6.45, 7) is 0. The molecule has 0 bridgehead atoms. The lowest BCUT2D eigenvalue weighted by molar-refractivity contribution is -0.146. The number of hydrogen-bond donors (Lipinski definition) is 0. The molecule has 0 spiro atoms. The molecule has 25 heavy (non-hydrogen) atoms. The Labute approximate surface area is 149 Å². The van der Waals surface area contributed by atoms with E-state index in [1.807, 2.05) is 30.3 Å². The van der Waals surface area contributed by atoms with Crippen LogP contribution in [0.4, 0.5) is 0 Å². The minimum atomic E-state index is -1.46. The van der Waals surface area contributed by atoms with Gasteiger partial charge in [0.15, 0.2) is 0 Å². The summed E-state index contributed by atoms with van der Waals surface area (Å²) < 4.78 is 0. The third kappa shape index (κ3) is 3.21. The Balaban J connectivity index is 1.94. The van der Waals surface area contributed by atoms with Gasteiger partial charge in [-0.3, -0.25) is 19.2 Å². The standard InChI is InChI=1S/C20H13ClO4/c21-15-9-5-4-8-13(15)16-19(24)17(22)14(18(23)20(16)25)11-10-12-6-2-1-3-7-12/h1-9,11,16H,10H2. The maximum Gasteiger partial charge on any atom is 0.233 e. The normalized spacial score (nSPS) is 17.8. The molecule has 0 amide bonds. The van der Waals surface area contributed by atoms with Crippen LogP contribution in [0.5, 0.6) is 0 Å². The average Bonchev–Trinajstić information content (AvgIpc) is 2.63. The van der Waals surface area contributed by atoms with Crippen molar-refractivity contribution in [2.75, 3.05) is 0 Å². The van der Waals surface area contributed by atoms with Crippen molar-refractivity contribution in [3.63, 3.8) is 0 Å². The van der Waals surface area contributed by atoms with Crippen molar-refractivity contribution < 1.29 is 19.2 Å². The van der Waals surface area contributed by atoms with E-state index in [1.54, 1.807) is 12.1 Å². The fourth-order valence-corrected chi connectivity index (χ4v) is 3.01. The number of Topliss-reactive ketones (excluding diaryl/α,β-unsaturated/α-hetero) is 4. The van der Waals surface area contributed by atoms with Gasteiger partial charge >= 0.3 is 0 Å². The van der Waals surface area contributed by atoms with E-state index in [0.29, 0.717) is 0 Å². The molecule has 1 fully saturated rings. The molecule has 0 atom stereocenters. The van der Waals surface area contributed by atoms with Crippen LogP contribution in [0.1, 0.15) is 17.0 Å². The van der Waals surface area contributed by atoms with Gasteiger partial charge in [-0.25, -0.2) is 0 Å². The van der Waals surface area contributed by atoms with Crippen LogP contribution >= 0.6 is 11.6 Å². The molecular weight excluding hydrogens is 340 g/mol. The smallest absolute Gasteiger partial charge is 0.233 e. The molecule has 0 N–H and O–H groups in total. The van der Waals surface area contributed by atoms with Crippen LogP contribution < -0.4 is 0 Å². The molecule has 4 nitrogen and oxygen atoms in total. The summed E-state index contributed by atoms with van der Waals surface area (Å²) in [5.41, 5.74) is 0.689. The summed E-state index contributed by atoms with van der Waals surface area (Å²) in [7, 11) is 0. The Morgan fingerprint density at radius 2 is 1.36 bits per heavy atom. The Bertz CT molecular complexity index is 882. The predicted octanol–water partition coefficient (Wildman–Crippen LogP) is 2.88. The monoisotopic (exact) mass is 352 g/mol. The van der Waals surface area contributed by atoms with Crippen LogP contribution in [0.15, 0.2) is 66.2 Å². The highest BCUT2D eigenvalue weighted by Crippen LogP contribution is 2.31. The Morgan fingerprint density at radius 1 is 0.800 bits per heavy atom. The van der Waals surface area contributed by atoms with Gasteiger partial charge in [0.2, 0.25) is 23.1 Å². The van der Waals surface area contributed by atoms with Gasteiger partial charge in [-0.2, -0.15) is 0 Å². The number of carbonyl (C=O) groups excluding carboxylic acids is 4.